The normalized spacial score (nSPS) is 12.1. The molecular formula is C22H26N4OS. The van der Waals surface area contributed by atoms with Crippen LogP contribution in [0, 0.1) is 0 Å². The molecule has 3 rings (SSSR count). The lowest BCUT2D eigenvalue weighted by Gasteiger charge is -2.30. The van der Waals surface area contributed by atoms with Crippen molar-refractivity contribution in [3.05, 3.63) is 71.4 Å². The smallest absolute Gasteiger partial charge is 0.226 e. The second-order valence-corrected chi connectivity index (χ2v) is 7.35. The molecule has 1 unspecified atom stereocenters. The molecule has 0 radical (unpaired) electrons. The number of likely N-dealkylation sites (N-methyl/N-ethyl adjacent to an activating group) is 1. The lowest BCUT2D eigenvalue weighted by Crippen LogP contribution is -2.38. The molecule has 0 saturated carbocycles. The van der Waals surface area contributed by atoms with E-state index in [0.29, 0.717) is 6.54 Å². The van der Waals surface area contributed by atoms with Gasteiger partial charge in [0, 0.05) is 18.1 Å². The van der Waals surface area contributed by atoms with E-state index in [4.69, 9.17) is 0 Å². The zero-order valence-electron chi connectivity index (χ0n) is 16.3. The van der Waals surface area contributed by atoms with Crippen molar-refractivity contribution in [2.24, 2.45) is 0 Å². The molecule has 0 aliphatic heterocycles. The molecule has 0 spiro atoms. The summed E-state index contributed by atoms with van der Waals surface area (Å²) in [6, 6.07) is 16.3. The maximum atomic E-state index is 12.5. The number of carbonyl (C=O) groups is 1. The van der Waals surface area contributed by atoms with Crippen molar-refractivity contribution in [1.82, 2.24) is 20.2 Å². The van der Waals surface area contributed by atoms with E-state index in [1.54, 1.807) is 6.20 Å². The molecule has 3 aromatic rings. The summed E-state index contributed by atoms with van der Waals surface area (Å²) < 4.78 is 0. The van der Waals surface area contributed by atoms with E-state index in [9.17, 15) is 4.79 Å². The Hall–Kier alpha value is -2.57. The van der Waals surface area contributed by atoms with Crippen LogP contribution in [-0.2, 0) is 11.2 Å². The predicted molar refractivity (Wildman–Crippen MR) is 114 cm³/mol. The molecular weight excluding hydrogens is 368 g/mol. The largest absolute Gasteiger partial charge is 0.354 e. The molecule has 6 heteroatoms. The van der Waals surface area contributed by atoms with Crippen LogP contribution >= 0.6 is 11.3 Å². The number of rotatable bonds is 9. The zero-order valence-corrected chi connectivity index (χ0v) is 17.2. The van der Waals surface area contributed by atoms with Crippen molar-refractivity contribution in [3.63, 3.8) is 0 Å². The van der Waals surface area contributed by atoms with Crippen LogP contribution in [0.25, 0.3) is 10.7 Å². The van der Waals surface area contributed by atoms with Crippen molar-refractivity contribution in [2.75, 3.05) is 19.6 Å². The Morgan fingerprint density at radius 2 is 1.86 bits per heavy atom. The average molecular weight is 395 g/mol. The summed E-state index contributed by atoms with van der Waals surface area (Å²) in [5.74, 6) is -0.00837. The summed E-state index contributed by atoms with van der Waals surface area (Å²) in [5.41, 5.74) is 2.84. The highest BCUT2D eigenvalue weighted by Gasteiger charge is 2.19. The molecule has 1 N–H and O–H groups in total. The number of pyridine rings is 1. The Labute approximate surface area is 170 Å². The third kappa shape index (κ3) is 5.24. The van der Waals surface area contributed by atoms with Crippen molar-refractivity contribution in [3.8, 4) is 10.7 Å². The third-order valence-electron chi connectivity index (χ3n) is 4.71. The van der Waals surface area contributed by atoms with Crippen LogP contribution < -0.4 is 5.32 Å². The SMILES string of the molecule is CCN(CC)C(CNC(=O)Cc1csc(-c2ccccn2)n1)c1ccccc1. The average Bonchev–Trinajstić information content (AvgIpc) is 3.21. The van der Waals surface area contributed by atoms with Gasteiger partial charge in [-0.3, -0.25) is 14.7 Å². The van der Waals surface area contributed by atoms with Gasteiger partial charge in [0.05, 0.1) is 23.9 Å². The van der Waals surface area contributed by atoms with E-state index in [1.165, 1.54) is 16.9 Å². The van der Waals surface area contributed by atoms with E-state index >= 15 is 0 Å². The van der Waals surface area contributed by atoms with E-state index < -0.39 is 0 Å². The molecule has 5 nitrogen and oxygen atoms in total. The van der Waals surface area contributed by atoms with Crippen LogP contribution in [0.1, 0.15) is 31.1 Å². The van der Waals surface area contributed by atoms with Crippen LogP contribution in [0.2, 0.25) is 0 Å². The summed E-state index contributed by atoms with van der Waals surface area (Å²) in [6.07, 6.45) is 2.03. The van der Waals surface area contributed by atoms with Crippen molar-refractivity contribution >= 4 is 17.2 Å². The van der Waals surface area contributed by atoms with Gasteiger partial charge >= 0.3 is 0 Å². The lowest BCUT2D eigenvalue weighted by atomic mass is 10.0. The summed E-state index contributed by atoms with van der Waals surface area (Å²) in [6.45, 7) is 6.75. The number of aromatic nitrogens is 2. The van der Waals surface area contributed by atoms with Gasteiger partial charge in [-0.2, -0.15) is 0 Å². The van der Waals surface area contributed by atoms with Gasteiger partial charge in [0.15, 0.2) is 0 Å². The number of nitrogens with one attached hydrogen (secondary N) is 1. The Kier molecular flexibility index (Phi) is 7.28. The van der Waals surface area contributed by atoms with Gasteiger partial charge < -0.3 is 5.32 Å². The van der Waals surface area contributed by atoms with Gasteiger partial charge in [-0.05, 0) is 30.8 Å². The molecule has 1 atom stereocenters. The number of amides is 1. The van der Waals surface area contributed by atoms with Crippen molar-refractivity contribution < 1.29 is 4.79 Å². The molecule has 0 aliphatic carbocycles. The van der Waals surface area contributed by atoms with Crippen LogP contribution in [0.4, 0.5) is 0 Å². The van der Waals surface area contributed by atoms with E-state index in [2.05, 4.69) is 46.2 Å². The number of benzene rings is 1. The van der Waals surface area contributed by atoms with E-state index in [0.717, 1.165) is 29.5 Å². The first kappa shape index (κ1) is 20.2. The molecule has 2 aromatic heterocycles. The summed E-state index contributed by atoms with van der Waals surface area (Å²) >= 11 is 1.52. The summed E-state index contributed by atoms with van der Waals surface area (Å²) in [4.78, 5) is 23.7. The molecule has 0 aliphatic rings. The second-order valence-electron chi connectivity index (χ2n) is 6.49. The Balaban J connectivity index is 1.61. The fourth-order valence-electron chi connectivity index (χ4n) is 3.23. The molecule has 1 amide bonds. The van der Waals surface area contributed by atoms with Gasteiger partial charge in [0.1, 0.15) is 5.01 Å². The topological polar surface area (TPSA) is 58.1 Å². The van der Waals surface area contributed by atoms with Crippen LogP contribution in [0.3, 0.4) is 0 Å². The number of hydrogen-bond acceptors (Lipinski definition) is 5. The minimum absolute atomic E-state index is 0.00837. The quantitative estimate of drug-likeness (QED) is 0.597. The van der Waals surface area contributed by atoms with E-state index in [1.807, 2.05) is 41.8 Å². The fourth-order valence-corrected chi connectivity index (χ4v) is 4.03. The molecule has 1 aromatic carbocycles. The highest BCUT2D eigenvalue weighted by atomic mass is 32.1. The van der Waals surface area contributed by atoms with Crippen molar-refractivity contribution in [2.45, 2.75) is 26.3 Å². The van der Waals surface area contributed by atoms with Gasteiger partial charge in [-0.25, -0.2) is 4.98 Å². The predicted octanol–water partition coefficient (Wildman–Crippen LogP) is 3.95. The lowest BCUT2D eigenvalue weighted by molar-refractivity contribution is -0.120. The minimum Gasteiger partial charge on any atom is -0.354 e. The molecule has 0 saturated heterocycles. The van der Waals surface area contributed by atoms with E-state index in [-0.39, 0.29) is 18.4 Å². The maximum Gasteiger partial charge on any atom is 0.226 e. The number of thiazole rings is 1. The highest BCUT2D eigenvalue weighted by Crippen LogP contribution is 2.22. The number of nitrogens with zero attached hydrogens (tertiary/aromatic N) is 3. The first-order valence-electron chi connectivity index (χ1n) is 9.62. The van der Waals surface area contributed by atoms with Crippen molar-refractivity contribution in [1.29, 1.82) is 0 Å². The van der Waals surface area contributed by atoms with Crippen LogP contribution in [0.5, 0.6) is 0 Å². The number of hydrogen-bond donors (Lipinski definition) is 1. The number of carbonyl (C=O) groups excluding carboxylic acids is 1. The summed E-state index contributed by atoms with van der Waals surface area (Å²) in [5, 5.41) is 5.87. The third-order valence-corrected chi connectivity index (χ3v) is 5.62. The zero-order chi connectivity index (χ0) is 19.8. The maximum absolute atomic E-state index is 12.5. The Morgan fingerprint density at radius 3 is 2.54 bits per heavy atom. The van der Waals surface area contributed by atoms with Gasteiger partial charge in [-0.1, -0.05) is 50.2 Å². The first-order chi connectivity index (χ1) is 13.7. The molecule has 0 fully saturated rings. The fraction of sp³-hybridized carbons (Fsp3) is 0.318. The van der Waals surface area contributed by atoms with Crippen LogP contribution in [0.15, 0.2) is 60.1 Å². The first-order valence-corrected chi connectivity index (χ1v) is 10.5. The molecule has 28 heavy (non-hydrogen) atoms. The van der Waals surface area contributed by atoms with Crippen LogP contribution in [-0.4, -0.2) is 40.4 Å². The highest BCUT2D eigenvalue weighted by molar-refractivity contribution is 7.13. The summed E-state index contributed by atoms with van der Waals surface area (Å²) in [7, 11) is 0. The Morgan fingerprint density at radius 1 is 1.11 bits per heavy atom. The van der Waals surface area contributed by atoms with Gasteiger partial charge in [-0.15, -0.1) is 11.3 Å². The molecule has 2 heterocycles. The molecule has 0 bridgehead atoms. The monoisotopic (exact) mass is 394 g/mol. The standard InChI is InChI=1S/C22H26N4OS/c1-3-26(4-2)20(17-10-6-5-7-11-17)15-24-21(27)14-18-16-28-22(25-18)19-12-8-9-13-23-19/h5-13,16,20H,3-4,14-15H2,1-2H3,(H,24,27). The minimum atomic E-state index is -0.00837. The Bertz CT molecular complexity index is 863. The molecule has 146 valence electrons. The van der Waals surface area contributed by atoms with Gasteiger partial charge in [0.25, 0.3) is 0 Å². The van der Waals surface area contributed by atoms with Gasteiger partial charge in [0.2, 0.25) is 5.91 Å². The second kappa shape index (κ2) is 10.1.